The maximum absolute atomic E-state index is 12.4. The zero-order valence-electron chi connectivity index (χ0n) is 13.1. The number of esters is 1. The van der Waals surface area contributed by atoms with E-state index in [1.54, 1.807) is 6.07 Å². The molecule has 2 rings (SSSR count). The number of anilines is 1. The fraction of sp³-hybridized carbons (Fsp3) is 0.188. The van der Waals surface area contributed by atoms with Crippen molar-refractivity contribution in [2.24, 2.45) is 0 Å². The minimum atomic E-state index is -3.48. The molecule has 0 saturated heterocycles. The number of rotatable bonds is 7. The Morgan fingerprint density at radius 1 is 1.16 bits per heavy atom. The van der Waals surface area contributed by atoms with Crippen molar-refractivity contribution in [3.63, 3.8) is 0 Å². The highest BCUT2D eigenvalue weighted by Crippen LogP contribution is 2.22. The topological polar surface area (TPSA) is 81.7 Å². The highest BCUT2D eigenvalue weighted by Gasteiger charge is 2.13. The Bertz CT molecular complexity index is 855. The van der Waals surface area contributed by atoms with Crippen molar-refractivity contribution in [1.82, 2.24) is 0 Å². The number of alkyl halides is 2. The Kier molecular flexibility index (Phi) is 5.92. The Hall–Kier alpha value is -2.68. The first-order valence-corrected chi connectivity index (χ1v) is 8.91. The van der Waals surface area contributed by atoms with Crippen LogP contribution in [-0.4, -0.2) is 27.3 Å². The van der Waals surface area contributed by atoms with Gasteiger partial charge in [-0.05, 0) is 24.3 Å². The summed E-state index contributed by atoms with van der Waals surface area (Å²) in [5.41, 5.74) is 0.598. The molecule has 0 aliphatic rings. The number of carbonyl (C=O) groups is 1. The lowest BCUT2D eigenvalue weighted by molar-refractivity contribution is -0.0510. The van der Waals surface area contributed by atoms with Gasteiger partial charge in [0.2, 0.25) is 10.0 Å². The predicted octanol–water partition coefficient (Wildman–Crippen LogP) is 3.02. The third-order valence-corrected chi connectivity index (χ3v) is 3.56. The van der Waals surface area contributed by atoms with Gasteiger partial charge >= 0.3 is 12.6 Å². The average molecular weight is 371 g/mol. The van der Waals surface area contributed by atoms with Gasteiger partial charge in [-0.15, -0.1) is 0 Å². The maximum atomic E-state index is 12.4. The van der Waals surface area contributed by atoms with Crippen LogP contribution in [0.15, 0.2) is 48.5 Å². The van der Waals surface area contributed by atoms with Gasteiger partial charge in [-0.3, -0.25) is 4.72 Å². The molecule has 0 aromatic heterocycles. The molecule has 2 aromatic carbocycles. The van der Waals surface area contributed by atoms with Crippen molar-refractivity contribution in [3.05, 3.63) is 59.7 Å². The van der Waals surface area contributed by atoms with Crippen molar-refractivity contribution in [1.29, 1.82) is 0 Å². The summed E-state index contributed by atoms with van der Waals surface area (Å²) in [5, 5.41) is 0. The molecule has 0 unspecified atom stereocenters. The van der Waals surface area contributed by atoms with E-state index < -0.39 is 22.6 Å². The van der Waals surface area contributed by atoms with Crippen LogP contribution in [0.5, 0.6) is 5.75 Å². The van der Waals surface area contributed by atoms with Crippen LogP contribution < -0.4 is 9.46 Å². The van der Waals surface area contributed by atoms with Gasteiger partial charge in [-0.25, -0.2) is 13.2 Å². The van der Waals surface area contributed by atoms with E-state index in [9.17, 15) is 22.0 Å². The molecule has 134 valence electrons. The van der Waals surface area contributed by atoms with Gasteiger partial charge in [-0.2, -0.15) is 8.78 Å². The van der Waals surface area contributed by atoms with E-state index in [0.29, 0.717) is 0 Å². The molecule has 0 aliphatic heterocycles. The van der Waals surface area contributed by atoms with Crippen molar-refractivity contribution < 1.29 is 31.5 Å². The summed E-state index contributed by atoms with van der Waals surface area (Å²) < 4.78 is 58.8. The molecule has 0 amide bonds. The summed E-state index contributed by atoms with van der Waals surface area (Å²) in [6.07, 6.45) is 0.984. The number of hydrogen-bond donors (Lipinski definition) is 1. The van der Waals surface area contributed by atoms with Crippen LogP contribution >= 0.6 is 0 Å². The summed E-state index contributed by atoms with van der Waals surface area (Å²) in [6, 6.07) is 11.7. The number of sulfonamides is 1. The Labute approximate surface area is 143 Å². The number of benzene rings is 2. The van der Waals surface area contributed by atoms with Crippen LogP contribution in [0.1, 0.15) is 15.9 Å². The summed E-state index contributed by atoms with van der Waals surface area (Å²) in [7, 11) is -3.48. The second kappa shape index (κ2) is 7.93. The molecule has 1 N–H and O–H groups in total. The number of halogens is 2. The fourth-order valence-corrected chi connectivity index (χ4v) is 2.54. The monoisotopic (exact) mass is 371 g/mol. The fourth-order valence-electron chi connectivity index (χ4n) is 1.98. The normalized spacial score (nSPS) is 11.2. The standard InChI is InChI=1S/C16H15F2NO5S/c1-25(21,22)19-13-7-4-6-11(9-13)15(20)23-10-12-5-2-3-8-14(12)24-16(17)18/h2-9,16,19H,10H2,1H3. The molecule has 0 radical (unpaired) electrons. The zero-order valence-corrected chi connectivity index (χ0v) is 13.9. The van der Waals surface area contributed by atoms with E-state index >= 15 is 0 Å². The first-order valence-electron chi connectivity index (χ1n) is 7.02. The van der Waals surface area contributed by atoms with E-state index in [4.69, 9.17) is 4.74 Å². The summed E-state index contributed by atoms with van der Waals surface area (Å²) in [5.74, 6) is -0.818. The van der Waals surface area contributed by atoms with Crippen LogP contribution in [0.3, 0.4) is 0 Å². The summed E-state index contributed by atoms with van der Waals surface area (Å²) in [6.45, 7) is -3.26. The van der Waals surface area contributed by atoms with Crippen molar-refractivity contribution in [2.75, 3.05) is 11.0 Å². The SMILES string of the molecule is CS(=O)(=O)Nc1cccc(C(=O)OCc2ccccc2OC(F)F)c1. The molecular formula is C16H15F2NO5S. The molecule has 9 heteroatoms. The summed E-state index contributed by atoms with van der Waals surface area (Å²) >= 11 is 0. The molecular weight excluding hydrogens is 356 g/mol. The maximum Gasteiger partial charge on any atom is 0.387 e. The number of hydrogen-bond acceptors (Lipinski definition) is 5. The van der Waals surface area contributed by atoms with Gasteiger partial charge in [0.15, 0.2) is 0 Å². The number of para-hydroxylation sites is 1. The van der Waals surface area contributed by atoms with Crippen LogP contribution in [0.25, 0.3) is 0 Å². The minimum Gasteiger partial charge on any atom is -0.457 e. The predicted molar refractivity (Wildman–Crippen MR) is 87.1 cm³/mol. The molecule has 25 heavy (non-hydrogen) atoms. The van der Waals surface area contributed by atoms with Gasteiger partial charge in [-0.1, -0.05) is 24.3 Å². The first-order chi connectivity index (χ1) is 11.7. The van der Waals surface area contributed by atoms with Crippen molar-refractivity contribution in [3.8, 4) is 5.75 Å². The molecule has 0 aliphatic carbocycles. The highest BCUT2D eigenvalue weighted by molar-refractivity contribution is 7.92. The van der Waals surface area contributed by atoms with Gasteiger partial charge in [0, 0.05) is 11.3 Å². The summed E-state index contributed by atoms with van der Waals surface area (Å²) in [4.78, 5) is 12.1. The second-order valence-corrected chi connectivity index (χ2v) is 6.77. The van der Waals surface area contributed by atoms with Crippen molar-refractivity contribution >= 4 is 21.7 Å². The number of nitrogens with one attached hydrogen (secondary N) is 1. The lowest BCUT2D eigenvalue weighted by atomic mass is 10.2. The third kappa shape index (κ3) is 6.03. The third-order valence-electron chi connectivity index (χ3n) is 2.95. The van der Waals surface area contributed by atoms with Crippen molar-refractivity contribution in [2.45, 2.75) is 13.2 Å². The second-order valence-electron chi connectivity index (χ2n) is 5.02. The zero-order chi connectivity index (χ0) is 18.4. The Balaban J connectivity index is 2.07. The average Bonchev–Trinajstić information content (AvgIpc) is 2.52. The van der Waals surface area contributed by atoms with E-state index in [0.717, 1.165) is 6.26 Å². The lowest BCUT2D eigenvalue weighted by Gasteiger charge is -2.11. The van der Waals surface area contributed by atoms with Gasteiger partial charge in [0.05, 0.1) is 11.8 Å². The van der Waals surface area contributed by atoms with E-state index in [2.05, 4.69) is 9.46 Å². The van der Waals surface area contributed by atoms with Crippen LogP contribution in [0.2, 0.25) is 0 Å². The van der Waals surface area contributed by atoms with E-state index in [1.807, 2.05) is 0 Å². The molecule has 6 nitrogen and oxygen atoms in total. The quantitative estimate of drug-likeness (QED) is 0.757. The van der Waals surface area contributed by atoms with Gasteiger partial charge < -0.3 is 9.47 Å². The number of ether oxygens (including phenoxy) is 2. The number of carbonyl (C=O) groups excluding carboxylic acids is 1. The molecule has 0 fully saturated rings. The van der Waals surface area contributed by atoms with Crippen LogP contribution in [0, 0.1) is 0 Å². The Morgan fingerprint density at radius 2 is 1.88 bits per heavy atom. The molecule has 0 atom stereocenters. The minimum absolute atomic E-state index is 0.0854. The highest BCUT2D eigenvalue weighted by atomic mass is 32.2. The molecule has 0 heterocycles. The molecule has 0 saturated carbocycles. The Morgan fingerprint density at radius 3 is 2.56 bits per heavy atom. The molecule has 0 spiro atoms. The van der Waals surface area contributed by atoms with E-state index in [1.165, 1.54) is 42.5 Å². The first kappa shape index (κ1) is 18.7. The largest absolute Gasteiger partial charge is 0.457 e. The lowest BCUT2D eigenvalue weighted by Crippen LogP contribution is -2.11. The molecule has 0 bridgehead atoms. The van der Waals surface area contributed by atoms with Gasteiger partial charge in [0.25, 0.3) is 0 Å². The smallest absolute Gasteiger partial charge is 0.387 e. The molecule has 2 aromatic rings. The van der Waals surface area contributed by atoms with Crippen LogP contribution in [0.4, 0.5) is 14.5 Å². The van der Waals surface area contributed by atoms with Crippen LogP contribution in [-0.2, 0) is 21.4 Å². The van der Waals surface area contributed by atoms with E-state index in [-0.39, 0.29) is 29.2 Å². The van der Waals surface area contributed by atoms with Gasteiger partial charge in [0.1, 0.15) is 12.4 Å².